The van der Waals surface area contributed by atoms with Gasteiger partial charge in [-0.15, -0.1) is 6.58 Å². The molecule has 132 valence electrons. The van der Waals surface area contributed by atoms with Crippen molar-refractivity contribution in [2.24, 2.45) is 5.41 Å². The number of rotatable bonds is 15. The highest BCUT2D eigenvalue weighted by molar-refractivity contribution is 4.98. The van der Waals surface area contributed by atoms with Crippen molar-refractivity contribution in [2.45, 2.75) is 85.5 Å². The molecule has 0 fully saturated rings. The van der Waals surface area contributed by atoms with Gasteiger partial charge in [0.25, 0.3) is 5.97 Å². The second-order valence-electron chi connectivity index (χ2n) is 5.99. The summed E-state index contributed by atoms with van der Waals surface area (Å²) < 4.78 is 17.8. The molecule has 0 aliphatic rings. The van der Waals surface area contributed by atoms with Gasteiger partial charge in [0.2, 0.25) is 0 Å². The number of unbranched alkanes of at least 4 members (excludes halogenated alkanes) is 5. The average Bonchev–Trinajstić information content (AvgIpc) is 2.51. The van der Waals surface area contributed by atoms with Crippen LogP contribution < -0.4 is 0 Å². The molecule has 0 spiro atoms. The van der Waals surface area contributed by atoms with E-state index in [9.17, 15) is 0 Å². The first-order valence-corrected chi connectivity index (χ1v) is 9.11. The predicted octanol–water partition coefficient (Wildman–Crippen LogP) is 5.69. The zero-order valence-corrected chi connectivity index (χ0v) is 15.6. The molecule has 0 heterocycles. The molecule has 0 rings (SSSR count). The fourth-order valence-corrected chi connectivity index (χ4v) is 2.84. The summed E-state index contributed by atoms with van der Waals surface area (Å²) in [6.07, 6.45) is 10.5. The van der Waals surface area contributed by atoms with Crippen molar-refractivity contribution in [3.8, 4) is 0 Å². The van der Waals surface area contributed by atoms with Gasteiger partial charge in [0.05, 0.1) is 5.41 Å². The van der Waals surface area contributed by atoms with E-state index in [0.29, 0.717) is 19.8 Å². The van der Waals surface area contributed by atoms with Gasteiger partial charge in [-0.2, -0.15) is 0 Å². The van der Waals surface area contributed by atoms with Gasteiger partial charge in [-0.05, 0) is 34.1 Å². The Hall–Kier alpha value is -0.380. The number of hydrogen-bond acceptors (Lipinski definition) is 3. The zero-order chi connectivity index (χ0) is 16.9. The van der Waals surface area contributed by atoms with E-state index in [1.165, 1.54) is 32.1 Å². The van der Waals surface area contributed by atoms with Gasteiger partial charge in [-0.3, -0.25) is 0 Å². The highest BCUT2D eigenvalue weighted by Gasteiger charge is 2.49. The third-order valence-electron chi connectivity index (χ3n) is 4.20. The largest absolute Gasteiger partial charge is 0.327 e. The SMILES string of the molecule is C=CC(C)(CCCCCCCC)C(OCC)(OCC)OCC. The smallest absolute Gasteiger partial charge is 0.292 e. The monoisotopic (exact) mass is 314 g/mol. The van der Waals surface area contributed by atoms with E-state index in [4.69, 9.17) is 14.2 Å². The normalized spacial score (nSPS) is 14.8. The summed E-state index contributed by atoms with van der Waals surface area (Å²) in [4.78, 5) is 0. The van der Waals surface area contributed by atoms with Crippen LogP contribution in [0.25, 0.3) is 0 Å². The van der Waals surface area contributed by atoms with Gasteiger partial charge in [0, 0.05) is 19.8 Å². The predicted molar refractivity (Wildman–Crippen MR) is 93.9 cm³/mol. The molecule has 0 saturated carbocycles. The van der Waals surface area contributed by atoms with E-state index in [-0.39, 0.29) is 5.41 Å². The van der Waals surface area contributed by atoms with Gasteiger partial charge >= 0.3 is 0 Å². The quantitative estimate of drug-likeness (QED) is 0.221. The van der Waals surface area contributed by atoms with Crippen LogP contribution in [0.5, 0.6) is 0 Å². The summed E-state index contributed by atoms with van der Waals surface area (Å²) in [5, 5.41) is 0. The van der Waals surface area contributed by atoms with Crippen molar-refractivity contribution in [2.75, 3.05) is 19.8 Å². The van der Waals surface area contributed by atoms with Gasteiger partial charge in [-0.25, -0.2) is 0 Å². The van der Waals surface area contributed by atoms with Crippen molar-refractivity contribution in [3.63, 3.8) is 0 Å². The van der Waals surface area contributed by atoms with Crippen LogP contribution in [0.2, 0.25) is 0 Å². The van der Waals surface area contributed by atoms with Crippen molar-refractivity contribution < 1.29 is 14.2 Å². The van der Waals surface area contributed by atoms with E-state index in [1.54, 1.807) is 0 Å². The molecular weight excluding hydrogens is 276 g/mol. The molecule has 22 heavy (non-hydrogen) atoms. The molecule has 0 N–H and O–H groups in total. The first kappa shape index (κ1) is 21.6. The minimum absolute atomic E-state index is 0.347. The molecular formula is C19H38O3. The molecule has 0 aliphatic carbocycles. The minimum Gasteiger partial charge on any atom is -0.327 e. The molecule has 0 aromatic rings. The molecule has 0 radical (unpaired) electrons. The summed E-state index contributed by atoms with van der Waals surface area (Å²) in [5.74, 6) is -1.02. The van der Waals surface area contributed by atoms with Crippen LogP contribution in [-0.2, 0) is 14.2 Å². The second kappa shape index (κ2) is 12.1. The van der Waals surface area contributed by atoms with Crippen LogP contribution >= 0.6 is 0 Å². The Balaban J connectivity index is 4.80. The van der Waals surface area contributed by atoms with Gasteiger partial charge < -0.3 is 14.2 Å². The molecule has 0 bridgehead atoms. The Morgan fingerprint density at radius 3 is 1.64 bits per heavy atom. The maximum atomic E-state index is 5.95. The summed E-state index contributed by atoms with van der Waals surface area (Å²) in [5.41, 5.74) is -0.347. The Bertz CT molecular complexity index is 261. The van der Waals surface area contributed by atoms with Crippen LogP contribution in [-0.4, -0.2) is 25.8 Å². The van der Waals surface area contributed by atoms with Crippen molar-refractivity contribution in [3.05, 3.63) is 12.7 Å². The first-order chi connectivity index (χ1) is 10.6. The molecule has 0 aromatic heterocycles. The fraction of sp³-hybridized carbons (Fsp3) is 0.895. The maximum Gasteiger partial charge on any atom is 0.292 e. The molecule has 1 atom stereocenters. The molecule has 3 nitrogen and oxygen atoms in total. The van der Waals surface area contributed by atoms with Crippen LogP contribution in [0, 0.1) is 5.41 Å². The molecule has 1 unspecified atom stereocenters. The number of ether oxygens (including phenoxy) is 3. The summed E-state index contributed by atoms with van der Waals surface area (Å²) in [6, 6.07) is 0. The first-order valence-electron chi connectivity index (χ1n) is 9.11. The number of hydrogen-bond donors (Lipinski definition) is 0. The molecule has 0 aliphatic heterocycles. The van der Waals surface area contributed by atoms with Crippen molar-refractivity contribution >= 4 is 0 Å². The minimum atomic E-state index is -1.02. The van der Waals surface area contributed by atoms with E-state index in [1.807, 2.05) is 26.8 Å². The summed E-state index contributed by atoms with van der Waals surface area (Å²) in [7, 11) is 0. The summed E-state index contributed by atoms with van der Waals surface area (Å²) in [6.45, 7) is 16.0. The molecule has 0 saturated heterocycles. The fourth-order valence-electron chi connectivity index (χ4n) is 2.84. The lowest BCUT2D eigenvalue weighted by molar-refractivity contribution is -0.417. The second-order valence-corrected chi connectivity index (χ2v) is 5.99. The van der Waals surface area contributed by atoms with Gasteiger partial charge in [-0.1, -0.05) is 51.5 Å². The topological polar surface area (TPSA) is 27.7 Å². The molecule has 0 aromatic carbocycles. The summed E-state index contributed by atoms with van der Waals surface area (Å²) >= 11 is 0. The standard InChI is InChI=1S/C19H38O3/c1-7-12-13-14-15-16-17-18(6,8-2)19(20-9-3,21-10-4)22-11-5/h8H,2,7,9-17H2,1,3-6H3. The lowest BCUT2D eigenvalue weighted by atomic mass is 9.81. The van der Waals surface area contributed by atoms with Crippen LogP contribution in [0.4, 0.5) is 0 Å². The van der Waals surface area contributed by atoms with Crippen LogP contribution in [0.15, 0.2) is 12.7 Å². The van der Waals surface area contributed by atoms with Crippen molar-refractivity contribution in [1.29, 1.82) is 0 Å². The average molecular weight is 315 g/mol. The van der Waals surface area contributed by atoms with E-state index < -0.39 is 5.97 Å². The highest BCUT2D eigenvalue weighted by Crippen LogP contribution is 2.42. The van der Waals surface area contributed by atoms with E-state index in [0.717, 1.165) is 12.8 Å². The zero-order valence-electron chi connectivity index (χ0n) is 15.6. The Morgan fingerprint density at radius 2 is 1.23 bits per heavy atom. The third-order valence-corrected chi connectivity index (χ3v) is 4.20. The van der Waals surface area contributed by atoms with Gasteiger partial charge in [0.15, 0.2) is 0 Å². The van der Waals surface area contributed by atoms with Crippen LogP contribution in [0.1, 0.15) is 79.6 Å². The van der Waals surface area contributed by atoms with Crippen molar-refractivity contribution in [1.82, 2.24) is 0 Å². The maximum absolute atomic E-state index is 5.95. The third kappa shape index (κ3) is 6.39. The molecule has 3 heteroatoms. The highest BCUT2D eigenvalue weighted by atomic mass is 16.9. The Labute approximate surface area is 138 Å². The van der Waals surface area contributed by atoms with E-state index in [2.05, 4.69) is 20.4 Å². The molecule has 0 amide bonds. The van der Waals surface area contributed by atoms with Crippen LogP contribution in [0.3, 0.4) is 0 Å². The van der Waals surface area contributed by atoms with E-state index >= 15 is 0 Å². The van der Waals surface area contributed by atoms with Gasteiger partial charge in [0.1, 0.15) is 0 Å². The lowest BCUT2D eigenvalue weighted by Gasteiger charge is -2.45. The lowest BCUT2D eigenvalue weighted by Crippen LogP contribution is -2.52. The Kier molecular flexibility index (Phi) is 11.9. The Morgan fingerprint density at radius 1 is 0.773 bits per heavy atom.